The number of aromatic nitrogens is 1. The van der Waals surface area contributed by atoms with Crippen LogP contribution < -0.4 is 16.0 Å². The molecule has 47 heavy (non-hydrogen) atoms. The summed E-state index contributed by atoms with van der Waals surface area (Å²) in [6.45, 7) is 15.4. The van der Waals surface area contributed by atoms with E-state index in [-0.39, 0.29) is 17.7 Å². The van der Waals surface area contributed by atoms with E-state index in [9.17, 15) is 9.59 Å². The SMILES string of the molecule is Cc1c(NC(=O)OCc2ccccc2)cccc1-c1cnc(C(N)=O)c2c1-c1ccc(N3CCC(O[Si](C)(C)C(C)(C)C)C3)cc1C2. The van der Waals surface area contributed by atoms with Gasteiger partial charge in [0, 0.05) is 42.6 Å². The zero-order valence-electron chi connectivity index (χ0n) is 28.1. The molecule has 2 heterocycles. The van der Waals surface area contributed by atoms with Gasteiger partial charge in [-0.1, -0.05) is 69.3 Å². The maximum absolute atomic E-state index is 12.7. The minimum atomic E-state index is -1.86. The summed E-state index contributed by atoms with van der Waals surface area (Å²) in [6, 6.07) is 21.9. The van der Waals surface area contributed by atoms with Crippen LogP contribution in [0.3, 0.4) is 0 Å². The summed E-state index contributed by atoms with van der Waals surface area (Å²) < 4.78 is 12.2. The van der Waals surface area contributed by atoms with E-state index in [2.05, 4.69) is 67.3 Å². The molecular weight excluding hydrogens is 605 g/mol. The molecule has 0 bridgehead atoms. The van der Waals surface area contributed by atoms with Gasteiger partial charge >= 0.3 is 6.09 Å². The number of carbonyl (C=O) groups is 2. The summed E-state index contributed by atoms with van der Waals surface area (Å²) in [5.41, 5.74) is 15.5. The number of carbonyl (C=O) groups excluding carboxylic acids is 2. The average molecular weight is 649 g/mol. The summed E-state index contributed by atoms with van der Waals surface area (Å²) >= 11 is 0. The molecule has 4 aromatic rings. The molecule has 9 heteroatoms. The summed E-state index contributed by atoms with van der Waals surface area (Å²) in [7, 11) is -1.86. The van der Waals surface area contributed by atoms with Gasteiger partial charge in [0.1, 0.15) is 12.3 Å². The predicted octanol–water partition coefficient (Wildman–Crippen LogP) is 8.08. The van der Waals surface area contributed by atoms with Gasteiger partial charge in [0.25, 0.3) is 5.91 Å². The first kappa shape index (κ1) is 32.5. The van der Waals surface area contributed by atoms with Gasteiger partial charge in [0.2, 0.25) is 0 Å². The number of rotatable bonds is 8. The fourth-order valence-electron chi connectivity index (χ4n) is 6.39. The average Bonchev–Trinajstić information content (AvgIpc) is 3.65. The number of pyridine rings is 1. The highest BCUT2D eigenvalue weighted by Gasteiger charge is 2.40. The molecule has 2 amide bonds. The van der Waals surface area contributed by atoms with Crippen LogP contribution in [0.25, 0.3) is 22.3 Å². The summed E-state index contributed by atoms with van der Waals surface area (Å²) in [5, 5.41) is 3.07. The van der Waals surface area contributed by atoms with E-state index in [0.29, 0.717) is 17.8 Å². The third-order valence-electron chi connectivity index (χ3n) is 9.99. The van der Waals surface area contributed by atoms with Crippen molar-refractivity contribution >= 4 is 31.7 Å². The molecule has 1 aliphatic heterocycles. The maximum Gasteiger partial charge on any atom is 0.411 e. The van der Waals surface area contributed by atoms with Crippen molar-refractivity contribution in [1.29, 1.82) is 0 Å². The van der Waals surface area contributed by atoms with Crippen molar-refractivity contribution in [3.8, 4) is 22.3 Å². The molecule has 8 nitrogen and oxygen atoms in total. The third kappa shape index (κ3) is 6.55. The molecule has 1 aliphatic carbocycles. The Balaban J connectivity index is 1.27. The van der Waals surface area contributed by atoms with Crippen LogP contribution in [0.5, 0.6) is 0 Å². The van der Waals surface area contributed by atoms with Crippen LogP contribution in [-0.4, -0.2) is 44.5 Å². The molecule has 2 aliphatic rings. The molecule has 1 unspecified atom stereocenters. The van der Waals surface area contributed by atoms with E-state index in [1.54, 1.807) is 6.20 Å². The Kier molecular flexibility index (Phi) is 8.72. The van der Waals surface area contributed by atoms with Crippen molar-refractivity contribution in [2.24, 2.45) is 5.73 Å². The first-order valence-corrected chi connectivity index (χ1v) is 19.2. The number of primary amides is 1. The van der Waals surface area contributed by atoms with Gasteiger partial charge in [0.05, 0.1) is 6.10 Å². The van der Waals surface area contributed by atoms with E-state index < -0.39 is 20.3 Å². The number of fused-ring (bicyclic) bond motifs is 3. The molecule has 3 aromatic carbocycles. The Morgan fingerprint density at radius 1 is 1.02 bits per heavy atom. The number of benzene rings is 3. The fraction of sp³-hybridized carbons (Fsp3) is 0.342. The summed E-state index contributed by atoms with van der Waals surface area (Å²) in [6.07, 6.45) is 2.99. The molecule has 0 spiro atoms. The van der Waals surface area contributed by atoms with Gasteiger partial charge in [-0.25, -0.2) is 4.79 Å². The number of hydrogen-bond acceptors (Lipinski definition) is 6. The Hall–Kier alpha value is -4.47. The zero-order valence-corrected chi connectivity index (χ0v) is 29.1. The Labute approximate surface area is 278 Å². The van der Waals surface area contributed by atoms with Crippen LogP contribution in [0.15, 0.2) is 72.9 Å². The number of anilines is 2. The lowest BCUT2D eigenvalue weighted by atomic mass is 9.92. The fourth-order valence-corrected chi connectivity index (χ4v) is 7.77. The van der Waals surface area contributed by atoms with Gasteiger partial charge in [-0.15, -0.1) is 0 Å². The lowest BCUT2D eigenvalue weighted by molar-refractivity contribution is 0.0994. The van der Waals surface area contributed by atoms with Crippen molar-refractivity contribution in [2.75, 3.05) is 23.3 Å². The Bertz CT molecular complexity index is 1830. The van der Waals surface area contributed by atoms with Gasteiger partial charge in [-0.3, -0.25) is 15.1 Å². The molecule has 0 radical (unpaired) electrons. The van der Waals surface area contributed by atoms with E-state index in [1.807, 2.05) is 55.5 Å². The number of nitrogens with one attached hydrogen (secondary N) is 1. The minimum Gasteiger partial charge on any atom is -0.444 e. The molecule has 1 atom stereocenters. The maximum atomic E-state index is 12.7. The van der Waals surface area contributed by atoms with E-state index in [4.69, 9.17) is 14.9 Å². The predicted molar refractivity (Wildman–Crippen MR) is 190 cm³/mol. The number of hydrogen-bond donors (Lipinski definition) is 2. The smallest absolute Gasteiger partial charge is 0.411 e. The van der Waals surface area contributed by atoms with Crippen LogP contribution in [-0.2, 0) is 22.2 Å². The van der Waals surface area contributed by atoms with Crippen molar-refractivity contribution in [3.05, 3.63) is 101 Å². The highest BCUT2D eigenvalue weighted by molar-refractivity contribution is 6.74. The van der Waals surface area contributed by atoms with Crippen LogP contribution in [0, 0.1) is 6.92 Å². The topological polar surface area (TPSA) is 107 Å². The van der Waals surface area contributed by atoms with Crippen LogP contribution in [0.4, 0.5) is 16.2 Å². The second-order valence-corrected chi connectivity index (χ2v) is 18.9. The van der Waals surface area contributed by atoms with E-state index >= 15 is 0 Å². The molecule has 1 saturated heterocycles. The number of ether oxygens (including phenoxy) is 1. The molecule has 244 valence electrons. The molecule has 1 fully saturated rings. The van der Waals surface area contributed by atoms with Crippen molar-refractivity contribution in [3.63, 3.8) is 0 Å². The molecule has 6 rings (SSSR count). The van der Waals surface area contributed by atoms with E-state index in [0.717, 1.165) is 69.7 Å². The normalized spacial score (nSPS) is 15.7. The first-order valence-electron chi connectivity index (χ1n) is 16.3. The number of amides is 2. The van der Waals surface area contributed by atoms with Gasteiger partial charge in [-0.2, -0.15) is 0 Å². The second-order valence-electron chi connectivity index (χ2n) is 14.2. The lowest BCUT2D eigenvalue weighted by Crippen LogP contribution is -2.44. The van der Waals surface area contributed by atoms with Crippen LogP contribution in [0.1, 0.15) is 59.9 Å². The minimum absolute atomic E-state index is 0.170. The Morgan fingerprint density at radius 3 is 2.51 bits per heavy atom. The largest absolute Gasteiger partial charge is 0.444 e. The van der Waals surface area contributed by atoms with Crippen LogP contribution in [0.2, 0.25) is 18.1 Å². The summed E-state index contributed by atoms with van der Waals surface area (Å²) in [4.78, 5) is 32.2. The standard InChI is InChI=1S/C38H44N4O4Si/c1-24-29(13-10-14-33(24)41-37(44)45-23-25-11-8-7-9-12-25)32-21-40-35(36(39)43)31-20-26-19-27(15-16-30(26)34(31)32)42-18-17-28(22-42)46-47(5,6)38(2,3)4/h7-16,19,21,28H,17-18,20,22-23H2,1-6H3,(H2,39,43)(H,41,44). The van der Waals surface area contributed by atoms with Crippen molar-refractivity contribution < 1.29 is 18.8 Å². The van der Waals surface area contributed by atoms with Crippen molar-refractivity contribution in [2.45, 2.75) is 71.4 Å². The van der Waals surface area contributed by atoms with Crippen molar-refractivity contribution in [1.82, 2.24) is 4.98 Å². The molecular formula is C38H44N4O4Si. The summed E-state index contributed by atoms with van der Waals surface area (Å²) in [5.74, 6) is -0.542. The lowest BCUT2D eigenvalue weighted by Gasteiger charge is -2.38. The quantitative estimate of drug-likeness (QED) is 0.165. The Morgan fingerprint density at radius 2 is 1.79 bits per heavy atom. The second kappa shape index (κ2) is 12.6. The molecule has 3 N–H and O–H groups in total. The number of nitrogens with zero attached hydrogens (tertiary/aromatic N) is 2. The highest BCUT2D eigenvalue weighted by Crippen LogP contribution is 2.46. The van der Waals surface area contributed by atoms with Gasteiger partial charge in [0.15, 0.2) is 8.32 Å². The monoisotopic (exact) mass is 648 g/mol. The number of nitrogens with two attached hydrogens (primary N) is 1. The molecule has 1 aromatic heterocycles. The van der Waals surface area contributed by atoms with Gasteiger partial charge < -0.3 is 19.8 Å². The van der Waals surface area contributed by atoms with E-state index in [1.165, 1.54) is 0 Å². The first-order chi connectivity index (χ1) is 22.3. The highest BCUT2D eigenvalue weighted by atomic mass is 28.4. The van der Waals surface area contributed by atoms with Crippen LogP contribution >= 0.6 is 0 Å². The van der Waals surface area contributed by atoms with Gasteiger partial charge in [-0.05, 0) is 88.6 Å². The zero-order chi connectivity index (χ0) is 33.5. The third-order valence-corrected chi connectivity index (χ3v) is 14.5. The molecule has 0 saturated carbocycles.